The molecule has 0 saturated carbocycles. The number of aryl methyl sites for hydroxylation is 9. The molecule has 0 spiro atoms. The first-order chi connectivity index (χ1) is 70.4. The first kappa shape index (κ1) is 55.8. The number of fused-ring (bicyclic) bond motifs is 6. The molecule has 2 radical (unpaired) electrons. The van der Waals surface area contributed by atoms with Gasteiger partial charge in [0, 0.05) is 121 Å². The fraction of sp³-hybridized carbons (Fsp3) is 0.246. The Labute approximate surface area is 798 Å². The maximum absolute atomic E-state index is 8.65. The van der Waals surface area contributed by atoms with E-state index < -0.39 is 97.0 Å². The van der Waals surface area contributed by atoms with Gasteiger partial charge in [0.15, 0.2) is 0 Å². The van der Waals surface area contributed by atoms with Gasteiger partial charge >= 0.3 is 0 Å². The molecule has 122 heavy (non-hydrogen) atoms. The predicted octanol–water partition coefficient (Wildman–Crippen LogP) is 31.2. The summed E-state index contributed by atoms with van der Waals surface area (Å²) in [6.07, 6.45) is 0.671. The maximum Gasteiger partial charge on any atom is 0.120 e. The minimum atomic E-state index is -2.85. The Morgan fingerprint density at radius 2 is 0.705 bits per heavy atom. The van der Waals surface area contributed by atoms with E-state index >= 15 is 0 Å². The number of hydrogen-bond acceptors (Lipinski definition) is 6. The van der Waals surface area contributed by atoms with Gasteiger partial charge in [0.05, 0.1) is 11.2 Å². The molecule has 17 rings (SSSR count). The van der Waals surface area contributed by atoms with E-state index in [1.54, 1.807) is 154 Å². The molecule has 0 saturated heterocycles. The minimum absolute atomic E-state index is 0. The van der Waals surface area contributed by atoms with Crippen LogP contribution in [0.2, 0.25) is 0 Å². The molecule has 0 aliphatic rings. The van der Waals surface area contributed by atoms with E-state index in [1.807, 2.05) is 129 Å². The molecule has 8 heteroatoms. The van der Waals surface area contributed by atoms with Crippen LogP contribution in [-0.4, -0.2) is 19.9 Å². The van der Waals surface area contributed by atoms with Gasteiger partial charge in [0.25, 0.3) is 0 Å². The number of pyridine rings is 4. The maximum atomic E-state index is 8.65. The molecule has 6 nitrogen and oxygen atoms in total. The first-order valence-corrected chi connectivity index (χ1v) is 39.3. The van der Waals surface area contributed by atoms with E-state index in [1.165, 1.54) is 54.7 Å². The van der Waals surface area contributed by atoms with Crippen LogP contribution in [0.5, 0.6) is 0 Å². The molecule has 0 N–H and O–H groups in total. The Balaban J connectivity index is 0.000000188. The van der Waals surface area contributed by atoms with Crippen molar-refractivity contribution in [1.29, 1.82) is 0 Å². The molecule has 622 valence electrons. The summed E-state index contributed by atoms with van der Waals surface area (Å²) in [6.45, 7) is -0.270. The molecular formula is C114H112Ir2N4O2-4. The van der Waals surface area contributed by atoms with E-state index in [0.29, 0.717) is 105 Å². The molecular weight excluding hydrogens is 1840 g/mol. The van der Waals surface area contributed by atoms with Crippen molar-refractivity contribution in [2.24, 2.45) is 16.2 Å². The molecule has 11 aromatic carbocycles. The third kappa shape index (κ3) is 21.5. The summed E-state index contributed by atoms with van der Waals surface area (Å²) >= 11 is 0. The topological polar surface area (TPSA) is 77.8 Å². The quantitative estimate of drug-likeness (QED) is 0.113. The Morgan fingerprint density at radius 3 is 1.13 bits per heavy atom. The largest absolute Gasteiger partial charge is 0.501 e. The molecule has 0 aliphatic heterocycles. The van der Waals surface area contributed by atoms with Crippen molar-refractivity contribution < 1.29 is 94.3 Å². The van der Waals surface area contributed by atoms with Crippen LogP contribution in [-0.2, 0) is 64.7 Å². The summed E-state index contributed by atoms with van der Waals surface area (Å²) in [6, 6.07) is 77.3. The summed E-state index contributed by atoms with van der Waals surface area (Å²) < 4.78 is 282. The van der Waals surface area contributed by atoms with Gasteiger partial charge in [-0.2, -0.15) is 0 Å². The molecule has 0 aliphatic carbocycles. The monoisotopic (exact) mass is 1990 g/mol. The van der Waals surface area contributed by atoms with Crippen molar-refractivity contribution in [1.82, 2.24) is 19.9 Å². The van der Waals surface area contributed by atoms with Crippen LogP contribution in [0, 0.1) is 102 Å². The van der Waals surface area contributed by atoms with E-state index in [4.69, 9.17) is 54.1 Å². The van der Waals surface area contributed by atoms with Gasteiger partial charge in [0.1, 0.15) is 11.2 Å². The standard InChI is InChI=1S/C38H36NO.C30H28NO.2C23H24N.2Ir/c1-23-11-16-36-34(17-23)29-9-8-10-30(37(29)40-36)35-20-33(26(4)22-39-35)32-19-24(2)31(18-25(32)3)28-14-12-27(13-15-28)21-38(5,6)7;1-18-10-13-28-26(14-18)23-8-7-9-24(29(23)32-28)27-16-25(20(3)17-31-27)22-12-11-21(15-19(22)2)30(4,5)6;2*1-17-10-12-20(14-21(17)19-8-6-5-7-9-19)22-13-11-18(16-24-22)15-23(2,3)4;;/h8-9,11-20,22H,21H2,1-7H3;7-8,10-17H,1-6H3;2*5-11,13-14,16H,15H2,1-4H3;;/q4*-1;;/i1D3,2D3,3D3,4D3,21D2;1D3,2D3,3D3;2*1D3,15D2;;. The number of furan rings is 2. The zero-order valence-corrected chi connectivity index (χ0v) is 74.4. The third-order valence-electron chi connectivity index (χ3n) is 19.7. The summed E-state index contributed by atoms with van der Waals surface area (Å²) in [5.74, 6) is 0. The Kier molecular flexibility index (Phi) is 17.3. The summed E-state index contributed by atoms with van der Waals surface area (Å²) in [5, 5.41) is 2.34. The van der Waals surface area contributed by atoms with Crippen molar-refractivity contribution in [3.05, 3.63) is 358 Å². The van der Waals surface area contributed by atoms with Crippen LogP contribution in [0.25, 0.3) is 145 Å². The van der Waals surface area contributed by atoms with E-state index in [2.05, 4.69) is 44.2 Å². The SMILES string of the molecule is [2H]C([2H])([2H])c1c[c-]c(-c2ccc(C([2H])([2H])C(C)(C)C)cn2)cc1-c1ccccc1.[2H]C([2H])([2H])c1c[c-]c(-c2ccc(C([2H])([2H])C(C)(C)C)cn2)cc1-c1ccccc1.[2H]C([2H])([2H])c1ccc2oc3c(-c4cc(-c5cc(C([2H])([2H])[2H])c(-c6ccc(C([2H])([2H])C(C)(C)C)cc6)cc5C([2H])([2H])[2H])c(C([2H])([2H])[2H])cn4)[c-]ccc3c2c1.[2H]C([2H])([2H])c1ccc2oc3c(-c4cc(-c5ccc(C(C)(C)C)cc5C([2H])([2H])[2H])c(C([2H])([2H])[2H])cn4)[c-]ccc3c2c1.[Ir].[Ir]. The number of benzene rings is 11. The molecule has 6 heterocycles. The summed E-state index contributed by atoms with van der Waals surface area (Å²) in [7, 11) is 0. The molecule has 0 fully saturated rings. The van der Waals surface area contributed by atoms with Crippen LogP contribution in [0.1, 0.15) is 201 Å². The minimum Gasteiger partial charge on any atom is -0.501 e. The molecule has 0 bridgehead atoms. The van der Waals surface area contributed by atoms with Gasteiger partial charge in [-0.05, 0) is 230 Å². The molecule has 0 unspecified atom stereocenters. The van der Waals surface area contributed by atoms with Crippen LogP contribution >= 0.6 is 0 Å². The van der Waals surface area contributed by atoms with Crippen molar-refractivity contribution in [2.45, 2.75) is 169 Å². The Bertz CT molecular complexity index is 7800. The van der Waals surface area contributed by atoms with Gasteiger partial charge in [0.2, 0.25) is 0 Å². The van der Waals surface area contributed by atoms with Crippen LogP contribution in [0.4, 0.5) is 0 Å². The van der Waals surface area contributed by atoms with Gasteiger partial charge in [-0.25, -0.2) is 0 Å². The molecule has 0 atom stereocenters. The number of rotatable bonds is 12. The first-order valence-electron chi connectivity index (χ1n) is 55.8. The Hall–Kier alpha value is -11.1. The number of aromatic nitrogens is 4. The van der Waals surface area contributed by atoms with Crippen LogP contribution in [0.15, 0.2) is 270 Å². The zero-order chi connectivity index (χ0) is 113. The van der Waals surface area contributed by atoms with Crippen LogP contribution < -0.4 is 0 Å². The summed E-state index contributed by atoms with van der Waals surface area (Å²) in [4.78, 5) is 17.8. The Morgan fingerprint density at radius 1 is 0.311 bits per heavy atom. The van der Waals surface area contributed by atoms with E-state index in [9.17, 15) is 0 Å². The van der Waals surface area contributed by atoms with Crippen molar-refractivity contribution >= 4 is 43.9 Å². The smallest absolute Gasteiger partial charge is 0.120 e. The fourth-order valence-corrected chi connectivity index (χ4v) is 14.1. The normalized spacial score (nSPS) is 16.9. The third-order valence-corrected chi connectivity index (χ3v) is 19.7. The second-order valence-corrected chi connectivity index (χ2v) is 33.6. The molecule has 0 amide bonds. The zero-order valence-electron chi connectivity index (χ0n) is 103. The predicted molar refractivity (Wildman–Crippen MR) is 507 cm³/mol. The fourth-order valence-electron chi connectivity index (χ4n) is 14.1. The van der Waals surface area contributed by atoms with Gasteiger partial charge in [-0.15, -0.1) is 95.1 Å². The van der Waals surface area contributed by atoms with Gasteiger partial charge in [-0.1, -0.05) is 305 Å². The van der Waals surface area contributed by atoms with E-state index in [0.717, 1.165) is 22.9 Å². The number of nitrogens with zero attached hydrogens (tertiary/aromatic N) is 4. The second-order valence-electron chi connectivity index (χ2n) is 33.6. The van der Waals surface area contributed by atoms with E-state index in [-0.39, 0.29) is 140 Å². The van der Waals surface area contributed by atoms with Gasteiger partial charge in [-0.3, -0.25) is 0 Å². The molecule has 6 aromatic heterocycles. The summed E-state index contributed by atoms with van der Waals surface area (Å²) in [5.41, 5.74) is 8.83. The second kappa shape index (κ2) is 37.7. The average Bonchev–Trinajstić information content (AvgIpc) is 1.03. The van der Waals surface area contributed by atoms with Crippen molar-refractivity contribution in [3.8, 4) is 101 Å². The van der Waals surface area contributed by atoms with Gasteiger partial charge < -0.3 is 28.8 Å². The average molecular weight is 1990 g/mol. The number of hydrogen-bond donors (Lipinski definition) is 0. The van der Waals surface area contributed by atoms with Crippen molar-refractivity contribution in [3.63, 3.8) is 0 Å². The van der Waals surface area contributed by atoms with Crippen LogP contribution in [0.3, 0.4) is 0 Å². The van der Waals surface area contributed by atoms with Crippen molar-refractivity contribution in [2.75, 3.05) is 0 Å². The molecule has 17 aromatic rings.